The van der Waals surface area contributed by atoms with E-state index >= 15 is 0 Å². The van der Waals surface area contributed by atoms with Crippen LogP contribution in [0.5, 0.6) is 0 Å². The highest BCUT2D eigenvalue weighted by atomic mass is 32.1. The Morgan fingerprint density at radius 1 is 1.50 bits per heavy atom. The van der Waals surface area contributed by atoms with Crippen LogP contribution in [0.2, 0.25) is 0 Å². The molecule has 16 heavy (non-hydrogen) atoms. The van der Waals surface area contributed by atoms with Gasteiger partial charge in [-0.3, -0.25) is 0 Å². The fraction of sp³-hybridized carbons (Fsp3) is 0.455. The summed E-state index contributed by atoms with van der Waals surface area (Å²) < 4.78 is 2.01. The predicted molar refractivity (Wildman–Crippen MR) is 65.3 cm³/mol. The zero-order valence-electron chi connectivity index (χ0n) is 9.77. The van der Waals surface area contributed by atoms with Gasteiger partial charge in [0.2, 0.25) is 0 Å². The van der Waals surface area contributed by atoms with Crippen molar-refractivity contribution in [2.24, 2.45) is 7.05 Å². The summed E-state index contributed by atoms with van der Waals surface area (Å²) in [5, 5.41) is 15.9. The van der Waals surface area contributed by atoms with E-state index in [4.69, 9.17) is 0 Å². The molecule has 0 amide bonds. The van der Waals surface area contributed by atoms with E-state index < -0.39 is 0 Å². The number of nitrogens with zero attached hydrogens (tertiary/aromatic N) is 3. The van der Waals surface area contributed by atoms with Crippen molar-refractivity contribution < 1.29 is 0 Å². The molecule has 0 saturated heterocycles. The van der Waals surface area contributed by atoms with Crippen LogP contribution in [-0.2, 0) is 13.6 Å². The van der Waals surface area contributed by atoms with Crippen LogP contribution in [0.25, 0.3) is 0 Å². The molecule has 2 rings (SSSR count). The molecule has 0 fully saturated rings. The van der Waals surface area contributed by atoms with Crippen molar-refractivity contribution in [1.82, 2.24) is 20.1 Å². The molecule has 4 nitrogen and oxygen atoms in total. The molecule has 0 radical (unpaired) electrons. The first kappa shape index (κ1) is 11.3. The minimum atomic E-state index is 0.350. The summed E-state index contributed by atoms with van der Waals surface area (Å²) in [6.45, 7) is 4.86. The van der Waals surface area contributed by atoms with Gasteiger partial charge in [0.15, 0.2) is 0 Å². The van der Waals surface area contributed by atoms with Gasteiger partial charge in [-0.05, 0) is 36.2 Å². The van der Waals surface area contributed by atoms with Crippen LogP contribution < -0.4 is 5.32 Å². The molecule has 2 aromatic rings. The number of hydrogen-bond acceptors (Lipinski definition) is 4. The van der Waals surface area contributed by atoms with Crippen molar-refractivity contribution in [2.75, 3.05) is 0 Å². The van der Waals surface area contributed by atoms with Crippen molar-refractivity contribution in [3.05, 3.63) is 34.0 Å². The van der Waals surface area contributed by atoms with E-state index in [1.807, 2.05) is 18.5 Å². The largest absolute Gasteiger partial charge is 0.317 e. The predicted octanol–water partition coefficient (Wildman–Crippen LogP) is 2.04. The fourth-order valence-corrected chi connectivity index (χ4v) is 2.24. The van der Waals surface area contributed by atoms with Crippen LogP contribution >= 0.6 is 11.3 Å². The molecule has 0 aromatic carbocycles. The maximum Gasteiger partial charge on any atom is 0.146 e. The molecule has 0 aliphatic rings. The Kier molecular flexibility index (Phi) is 3.36. The lowest BCUT2D eigenvalue weighted by Crippen LogP contribution is -2.19. The number of hydrogen-bond donors (Lipinski definition) is 1. The standard InChI is InChI=1S/C11H16N4S/c1-8(10-4-5-16-7-10)12-6-11-14-13-9(2)15(11)3/h4-5,7-8,12H,6H2,1-3H3. The molecular formula is C11H16N4S. The lowest BCUT2D eigenvalue weighted by atomic mass is 10.2. The maximum atomic E-state index is 4.12. The SMILES string of the molecule is Cc1nnc(CNC(C)c2ccsc2)n1C. The van der Waals surface area contributed by atoms with Gasteiger partial charge in [-0.1, -0.05) is 0 Å². The van der Waals surface area contributed by atoms with Crippen LogP contribution in [-0.4, -0.2) is 14.8 Å². The smallest absolute Gasteiger partial charge is 0.146 e. The van der Waals surface area contributed by atoms with Gasteiger partial charge in [-0.25, -0.2) is 0 Å². The van der Waals surface area contributed by atoms with E-state index in [2.05, 4.69) is 39.3 Å². The first-order valence-electron chi connectivity index (χ1n) is 5.29. The minimum absolute atomic E-state index is 0.350. The van der Waals surface area contributed by atoms with Crippen LogP contribution in [0.4, 0.5) is 0 Å². The zero-order chi connectivity index (χ0) is 11.5. The lowest BCUT2D eigenvalue weighted by Gasteiger charge is -2.11. The zero-order valence-corrected chi connectivity index (χ0v) is 10.6. The number of aromatic nitrogens is 3. The first-order valence-corrected chi connectivity index (χ1v) is 6.23. The molecule has 0 aliphatic heterocycles. The third kappa shape index (κ3) is 2.31. The van der Waals surface area contributed by atoms with E-state index in [1.165, 1.54) is 5.56 Å². The summed E-state index contributed by atoms with van der Waals surface area (Å²) in [6.07, 6.45) is 0. The summed E-state index contributed by atoms with van der Waals surface area (Å²) in [4.78, 5) is 0. The van der Waals surface area contributed by atoms with E-state index in [1.54, 1.807) is 11.3 Å². The molecule has 0 spiro atoms. The third-order valence-corrected chi connectivity index (χ3v) is 3.49. The number of rotatable bonds is 4. The third-order valence-electron chi connectivity index (χ3n) is 2.79. The molecule has 1 atom stereocenters. The van der Waals surface area contributed by atoms with Gasteiger partial charge in [0.1, 0.15) is 11.6 Å². The molecule has 0 saturated carbocycles. The Balaban J connectivity index is 1.95. The second kappa shape index (κ2) is 4.76. The highest BCUT2D eigenvalue weighted by molar-refractivity contribution is 7.07. The molecule has 2 heterocycles. The first-order chi connectivity index (χ1) is 7.68. The fourth-order valence-electron chi connectivity index (χ4n) is 1.49. The van der Waals surface area contributed by atoms with Gasteiger partial charge in [0.05, 0.1) is 6.54 Å². The summed E-state index contributed by atoms with van der Waals surface area (Å²) >= 11 is 1.72. The highest BCUT2D eigenvalue weighted by Gasteiger charge is 2.08. The van der Waals surface area contributed by atoms with Crippen molar-refractivity contribution >= 4 is 11.3 Å². The average Bonchev–Trinajstić information content (AvgIpc) is 2.89. The molecule has 1 N–H and O–H groups in total. The molecule has 5 heteroatoms. The van der Waals surface area contributed by atoms with Crippen LogP contribution in [0.15, 0.2) is 16.8 Å². The van der Waals surface area contributed by atoms with Crippen LogP contribution in [0, 0.1) is 6.92 Å². The van der Waals surface area contributed by atoms with E-state index in [9.17, 15) is 0 Å². The number of aryl methyl sites for hydroxylation is 1. The van der Waals surface area contributed by atoms with E-state index in [-0.39, 0.29) is 0 Å². The van der Waals surface area contributed by atoms with Crippen LogP contribution in [0.1, 0.15) is 30.2 Å². The van der Waals surface area contributed by atoms with Gasteiger partial charge in [-0.2, -0.15) is 11.3 Å². The Morgan fingerprint density at radius 2 is 2.31 bits per heavy atom. The number of thiophene rings is 1. The topological polar surface area (TPSA) is 42.7 Å². The van der Waals surface area contributed by atoms with Gasteiger partial charge >= 0.3 is 0 Å². The molecule has 1 unspecified atom stereocenters. The molecule has 0 bridgehead atoms. The summed E-state index contributed by atoms with van der Waals surface area (Å²) in [6, 6.07) is 2.49. The molecule has 0 aliphatic carbocycles. The lowest BCUT2D eigenvalue weighted by molar-refractivity contribution is 0.548. The monoisotopic (exact) mass is 236 g/mol. The Bertz CT molecular complexity index is 447. The van der Waals surface area contributed by atoms with Crippen molar-refractivity contribution in [1.29, 1.82) is 0 Å². The van der Waals surface area contributed by atoms with Gasteiger partial charge in [0, 0.05) is 13.1 Å². The quantitative estimate of drug-likeness (QED) is 0.883. The molecular weight excluding hydrogens is 220 g/mol. The van der Waals surface area contributed by atoms with Gasteiger partial charge < -0.3 is 9.88 Å². The van der Waals surface area contributed by atoms with Crippen molar-refractivity contribution in [3.8, 4) is 0 Å². The highest BCUT2D eigenvalue weighted by Crippen LogP contribution is 2.15. The Hall–Kier alpha value is -1.20. The van der Waals surface area contributed by atoms with E-state index in [0.29, 0.717) is 6.04 Å². The molecule has 2 aromatic heterocycles. The van der Waals surface area contributed by atoms with Gasteiger partial charge in [0.25, 0.3) is 0 Å². The summed E-state index contributed by atoms with van der Waals surface area (Å²) in [5.74, 6) is 1.92. The normalized spacial score (nSPS) is 12.9. The number of nitrogens with one attached hydrogen (secondary N) is 1. The van der Waals surface area contributed by atoms with Crippen LogP contribution in [0.3, 0.4) is 0 Å². The van der Waals surface area contributed by atoms with E-state index in [0.717, 1.165) is 18.2 Å². The Morgan fingerprint density at radius 3 is 2.88 bits per heavy atom. The van der Waals surface area contributed by atoms with Crippen molar-refractivity contribution in [2.45, 2.75) is 26.4 Å². The average molecular weight is 236 g/mol. The maximum absolute atomic E-state index is 4.12. The minimum Gasteiger partial charge on any atom is -0.317 e. The summed E-state index contributed by atoms with van der Waals surface area (Å²) in [7, 11) is 1.99. The molecule has 86 valence electrons. The van der Waals surface area contributed by atoms with Gasteiger partial charge in [-0.15, -0.1) is 10.2 Å². The second-order valence-electron chi connectivity index (χ2n) is 3.88. The second-order valence-corrected chi connectivity index (χ2v) is 4.66. The summed E-state index contributed by atoms with van der Waals surface area (Å²) in [5.41, 5.74) is 1.32. The Labute approximate surface area is 99.3 Å². The van der Waals surface area contributed by atoms with Crippen molar-refractivity contribution in [3.63, 3.8) is 0 Å².